The molecular weight excluding hydrogens is 378 g/mol. The lowest BCUT2D eigenvalue weighted by atomic mass is 10.0. The molecule has 0 saturated carbocycles. The van der Waals surface area contributed by atoms with Gasteiger partial charge in [0.1, 0.15) is 16.5 Å². The van der Waals surface area contributed by atoms with Crippen LogP contribution in [0.15, 0.2) is 35.7 Å². The minimum Gasteiger partial charge on any atom is -0.367 e. The maximum Gasteiger partial charge on any atom is 0.146 e. The Morgan fingerprint density at radius 3 is 2.52 bits per heavy atom. The molecular formula is C23H31N5S. The van der Waals surface area contributed by atoms with Gasteiger partial charge in [0.2, 0.25) is 0 Å². The lowest BCUT2D eigenvalue weighted by Gasteiger charge is -2.35. The molecule has 6 heteroatoms. The van der Waals surface area contributed by atoms with Gasteiger partial charge in [0.15, 0.2) is 0 Å². The summed E-state index contributed by atoms with van der Waals surface area (Å²) in [6.07, 6.45) is 2.30. The number of hydrogen-bond donors (Lipinski definition) is 1. The van der Waals surface area contributed by atoms with Crippen LogP contribution in [-0.2, 0) is 6.54 Å². The molecule has 0 amide bonds. The third-order valence-corrected chi connectivity index (χ3v) is 6.50. The second kappa shape index (κ2) is 8.78. The molecule has 1 fully saturated rings. The minimum atomic E-state index is 0.457. The zero-order valence-corrected chi connectivity index (χ0v) is 18.7. The first-order chi connectivity index (χ1) is 14.0. The predicted octanol–water partition coefficient (Wildman–Crippen LogP) is 4.70. The molecule has 1 aliphatic heterocycles. The van der Waals surface area contributed by atoms with Crippen molar-refractivity contribution < 1.29 is 0 Å². The van der Waals surface area contributed by atoms with Crippen LogP contribution in [-0.4, -0.2) is 59.0 Å². The average molecular weight is 410 g/mol. The summed E-state index contributed by atoms with van der Waals surface area (Å²) in [5.41, 5.74) is 2.45. The predicted molar refractivity (Wildman–Crippen MR) is 124 cm³/mol. The molecule has 29 heavy (non-hydrogen) atoms. The summed E-state index contributed by atoms with van der Waals surface area (Å²) in [5, 5.41) is 7.19. The number of anilines is 1. The Labute approximate surface area is 177 Å². The molecule has 2 aromatic heterocycles. The van der Waals surface area contributed by atoms with Crippen molar-refractivity contribution in [2.24, 2.45) is 0 Å². The highest BCUT2D eigenvalue weighted by atomic mass is 32.1. The Hall–Kier alpha value is -2.02. The number of aromatic nitrogens is 2. The van der Waals surface area contributed by atoms with Crippen molar-refractivity contribution in [1.29, 1.82) is 0 Å². The third-order valence-electron chi connectivity index (χ3n) is 5.62. The van der Waals surface area contributed by atoms with Crippen molar-refractivity contribution in [2.75, 3.05) is 32.5 Å². The number of benzene rings is 1. The van der Waals surface area contributed by atoms with Crippen LogP contribution in [0.4, 0.5) is 5.82 Å². The summed E-state index contributed by atoms with van der Waals surface area (Å²) in [5.74, 6) is 1.88. The van der Waals surface area contributed by atoms with Crippen LogP contribution in [0.3, 0.4) is 0 Å². The molecule has 0 spiro atoms. The standard InChI is InChI=1S/C23H31N5S/c1-16(2)28-12-10-18(11-13-28)24-22-21-19(17-8-6-5-7-9-17)15-29-23(21)26-20(25-22)14-27(3)4/h5-9,15-16,18H,10-14H2,1-4H3,(H,24,25,26). The molecule has 154 valence electrons. The van der Waals surface area contributed by atoms with Crippen molar-refractivity contribution in [3.63, 3.8) is 0 Å². The van der Waals surface area contributed by atoms with E-state index in [-0.39, 0.29) is 0 Å². The van der Waals surface area contributed by atoms with Gasteiger partial charge in [0.05, 0.1) is 11.9 Å². The highest BCUT2D eigenvalue weighted by molar-refractivity contribution is 7.17. The molecule has 1 N–H and O–H groups in total. The topological polar surface area (TPSA) is 44.3 Å². The van der Waals surface area contributed by atoms with E-state index in [2.05, 4.69) is 78.8 Å². The summed E-state index contributed by atoms with van der Waals surface area (Å²) in [7, 11) is 4.12. The lowest BCUT2D eigenvalue weighted by Crippen LogP contribution is -2.42. The zero-order valence-electron chi connectivity index (χ0n) is 17.9. The number of fused-ring (bicyclic) bond motifs is 1. The number of nitrogens with one attached hydrogen (secondary N) is 1. The van der Waals surface area contributed by atoms with Gasteiger partial charge in [-0.05, 0) is 46.3 Å². The van der Waals surface area contributed by atoms with Crippen LogP contribution in [0.1, 0.15) is 32.5 Å². The second-order valence-electron chi connectivity index (χ2n) is 8.47. The molecule has 0 radical (unpaired) electrons. The van der Waals surface area contributed by atoms with Crippen LogP contribution in [0.25, 0.3) is 21.3 Å². The van der Waals surface area contributed by atoms with Crippen LogP contribution in [0, 0.1) is 0 Å². The van der Waals surface area contributed by atoms with E-state index in [1.165, 1.54) is 11.1 Å². The number of thiophene rings is 1. The number of rotatable bonds is 6. The van der Waals surface area contributed by atoms with E-state index >= 15 is 0 Å². The van der Waals surface area contributed by atoms with Crippen LogP contribution in [0.2, 0.25) is 0 Å². The first kappa shape index (κ1) is 20.3. The lowest BCUT2D eigenvalue weighted by molar-refractivity contribution is 0.177. The number of nitrogens with zero attached hydrogens (tertiary/aromatic N) is 4. The molecule has 0 aliphatic carbocycles. The first-order valence-corrected chi connectivity index (χ1v) is 11.4. The van der Waals surface area contributed by atoms with Crippen molar-refractivity contribution in [1.82, 2.24) is 19.8 Å². The monoisotopic (exact) mass is 409 g/mol. The highest BCUT2D eigenvalue weighted by Gasteiger charge is 2.23. The molecule has 1 saturated heterocycles. The molecule has 4 rings (SSSR count). The SMILES string of the molecule is CC(C)N1CCC(Nc2nc(CN(C)C)nc3scc(-c4ccccc4)c23)CC1. The molecule has 1 aromatic carbocycles. The minimum absolute atomic E-state index is 0.457. The third kappa shape index (κ3) is 4.60. The fourth-order valence-corrected chi connectivity index (χ4v) is 4.99. The van der Waals surface area contributed by atoms with E-state index < -0.39 is 0 Å². The summed E-state index contributed by atoms with van der Waals surface area (Å²) in [4.78, 5) is 15.6. The molecule has 0 bridgehead atoms. The van der Waals surface area contributed by atoms with E-state index in [1.54, 1.807) is 11.3 Å². The largest absolute Gasteiger partial charge is 0.367 e. The van der Waals surface area contributed by atoms with Crippen molar-refractivity contribution in [3.8, 4) is 11.1 Å². The number of hydrogen-bond acceptors (Lipinski definition) is 6. The van der Waals surface area contributed by atoms with Gasteiger partial charge in [-0.15, -0.1) is 11.3 Å². The van der Waals surface area contributed by atoms with Crippen LogP contribution < -0.4 is 5.32 Å². The van der Waals surface area contributed by atoms with Crippen molar-refractivity contribution >= 4 is 27.4 Å². The van der Waals surface area contributed by atoms with Gasteiger partial charge in [-0.1, -0.05) is 30.3 Å². The zero-order chi connectivity index (χ0) is 20.4. The second-order valence-corrected chi connectivity index (χ2v) is 9.33. The Balaban J connectivity index is 1.69. The van der Waals surface area contributed by atoms with Gasteiger partial charge in [-0.25, -0.2) is 9.97 Å². The number of likely N-dealkylation sites (tertiary alicyclic amines) is 1. The Kier molecular flexibility index (Phi) is 6.13. The van der Waals surface area contributed by atoms with E-state index in [4.69, 9.17) is 9.97 Å². The summed E-state index contributed by atoms with van der Waals surface area (Å²) in [6.45, 7) is 7.60. The summed E-state index contributed by atoms with van der Waals surface area (Å²) in [6, 6.07) is 11.7. The molecule has 3 heterocycles. The van der Waals surface area contributed by atoms with E-state index in [0.717, 1.165) is 54.3 Å². The molecule has 0 unspecified atom stereocenters. The smallest absolute Gasteiger partial charge is 0.146 e. The van der Waals surface area contributed by atoms with Gasteiger partial charge >= 0.3 is 0 Å². The Bertz CT molecular complexity index is 943. The highest BCUT2D eigenvalue weighted by Crippen LogP contribution is 2.37. The van der Waals surface area contributed by atoms with E-state index in [1.807, 2.05) is 0 Å². The van der Waals surface area contributed by atoms with Gasteiger partial charge in [-0.3, -0.25) is 0 Å². The van der Waals surface area contributed by atoms with Crippen molar-refractivity contribution in [3.05, 3.63) is 41.5 Å². The fourth-order valence-electron chi connectivity index (χ4n) is 4.03. The number of piperidine rings is 1. The first-order valence-electron chi connectivity index (χ1n) is 10.5. The maximum atomic E-state index is 4.98. The Morgan fingerprint density at radius 1 is 1.14 bits per heavy atom. The van der Waals surface area contributed by atoms with Crippen LogP contribution >= 0.6 is 11.3 Å². The van der Waals surface area contributed by atoms with Gasteiger partial charge in [0, 0.05) is 36.1 Å². The van der Waals surface area contributed by atoms with Gasteiger partial charge in [0.25, 0.3) is 0 Å². The van der Waals surface area contributed by atoms with Gasteiger partial charge in [-0.2, -0.15) is 0 Å². The van der Waals surface area contributed by atoms with Crippen LogP contribution in [0.5, 0.6) is 0 Å². The molecule has 1 aliphatic rings. The molecule has 3 aromatic rings. The molecule has 0 atom stereocenters. The average Bonchev–Trinajstić information content (AvgIpc) is 3.13. The molecule has 5 nitrogen and oxygen atoms in total. The normalized spacial score (nSPS) is 16.2. The quantitative estimate of drug-likeness (QED) is 0.639. The van der Waals surface area contributed by atoms with E-state index in [0.29, 0.717) is 12.1 Å². The van der Waals surface area contributed by atoms with Crippen molar-refractivity contribution in [2.45, 2.75) is 45.3 Å². The summed E-state index contributed by atoms with van der Waals surface area (Å²) >= 11 is 1.71. The fraction of sp³-hybridized carbons (Fsp3) is 0.478. The Morgan fingerprint density at radius 2 is 1.86 bits per heavy atom. The summed E-state index contributed by atoms with van der Waals surface area (Å²) < 4.78 is 0. The van der Waals surface area contributed by atoms with Gasteiger partial charge < -0.3 is 15.1 Å². The van der Waals surface area contributed by atoms with E-state index in [9.17, 15) is 0 Å². The maximum absolute atomic E-state index is 4.98.